The number of amides is 2. The van der Waals surface area contributed by atoms with E-state index in [9.17, 15) is 9.59 Å². The molecule has 2 amide bonds. The first-order chi connectivity index (χ1) is 19.5. The Hall–Kier alpha value is -4.67. The number of carbonyl (C=O) groups excluding carboxylic acids is 2. The van der Waals surface area contributed by atoms with Gasteiger partial charge >= 0.3 is 0 Å². The molecule has 40 heavy (non-hydrogen) atoms. The van der Waals surface area contributed by atoms with E-state index in [1.165, 1.54) is 16.8 Å². The summed E-state index contributed by atoms with van der Waals surface area (Å²) in [5.74, 6) is 1.80. The van der Waals surface area contributed by atoms with Crippen molar-refractivity contribution in [2.24, 2.45) is 0 Å². The zero-order chi connectivity index (χ0) is 28.1. The summed E-state index contributed by atoms with van der Waals surface area (Å²) in [6.45, 7) is 1.55. The topological polar surface area (TPSA) is 125 Å². The number of nitrogens with zero attached hydrogens (tertiary/aromatic N) is 5. The van der Waals surface area contributed by atoms with E-state index in [4.69, 9.17) is 13.9 Å². The molecule has 11 nitrogen and oxygen atoms in total. The summed E-state index contributed by atoms with van der Waals surface area (Å²) < 4.78 is 16.5. The van der Waals surface area contributed by atoms with Crippen LogP contribution in [0.25, 0.3) is 11.6 Å². The van der Waals surface area contributed by atoms with E-state index in [1.54, 1.807) is 61.7 Å². The highest BCUT2D eigenvalue weighted by Gasteiger charge is 2.36. The van der Waals surface area contributed by atoms with E-state index < -0.39 is 11.9 Å². The number of rotatable bonds is 10. The molecule has 2 aromatic heterocycles. The summed E-state index contributed by atoms with van der Waals surface area (Å²) >= 11 is 0. The molecule has 208 valence electrons. The summed E-state index contributed by atoms with van der Waals surface area (Å²) in [6, 6.07) is 16.8. The molecule has 0 radical (unpaired) electrons. The number of ether oxygens (including phenoxy) is 2. The maximum atomic E-state index is 14.1. The molecule has 1 aliphatic carbocycles. The van der Waals surface area contributed by atoms with Crippen LogP contribution in [0.3, 0.4) is 0 Å². The van der Waals surface area contributed by atoms with Crippen LogP contribution in [0.5, 0.6) is 11.5 Å². The van der Waals surface area contributed by atoms with Gasteiger partial charge in [0.2, 0.25) is 11.7 Å². The average molecular weight is 545 g/mol. The summed E-state index contributed by atoms with van der Waals surface area (Å²) in [5, 5.41) is 15.6. The number of nitrogens with one attached hydrogen (secondary N) is 1. The van der Waals surface area contributed by atoms with Crippen LogP contribution in [0.1, 0.15) is 43.0 Å². The number of aromatic nitrogens is 4. The van der Waals surface area contributed by atoms with Gasteiger partial charge in [-0.2, -0.15) is 4.80 Å². The molecule has 1 N–H and O–H groups in total. The predicted octanol–water partition coefficient (Wildman–Crippen LogP) is 4.09. The predicted molar refractivity (Wildman–Crippen MR) is 147 cm³/mol. The summed E-state index contributed by atoms with van der Waals surface area (Å²) in [6.07, 6.45) is 3.93. The zero-order valence-corrected chi connectivity index (χ0v) is 22.7. The molecule has 5 rings (SSSR count). The largest absolute Gasteiger partial charge is 0.497 e. The van der Waals surface area contributed by atoms with Crippen LogP contribution in [0.4, 0.5) is 5.69 Å². The highest BCUT2D eigenvalue weighted by Crippen LogP contribution is 2.36. The van der Waals surface area contributed by atoms with Crippen LogP contribution in [0.2, 0.25) is 0 Å². The Kier molecular flexibility index (Phi) is 8.09. The molecule has 0 saturated heterocycles. The van der Waals surface area contributed by atoms with Crippen LogP contribution in [0, 0.1) is 6.92 Å². The fourth-order valence-corrected chi connectivity index (χ4v) is 4.96. The third kappa shape index (κ3) is 5.83. The fourth-order valence-electron chi connectivity index (χ4n) is 4.96. The Morgan fingerprint density at radius 3 is 2.48 bits per heavy atom. The molecule has 4 aromatic rings. The van der Waals surface area contributed by atoms with Gasteiger partial charge in [0.25, 0.3) is 5.91 Å². The average Bonchev–Trinajstić information content (AvgIpc) is 3.75. The maximum Gasteiger partial charge on any atom is 0.251 e. The van der Waals surface area contributed by atoms with Gasteiger partial charge in [0.15, 0.2) is 5.76 Å². The maximum absolute atomic E-state index is 14.1. The van der Waals surface area contributed by atoms with E-state index >= 15 is 0 Å². The van der Waals surface area contributed by atoms with Gasteiger partial charge in [0.1, 0.15) is 29.8 Å². The highest BCUT2D eigenvalue weighted by atomic mass is 16.5. The first-order valence-corrected chi connectivity index (χ1v) is 13.2. The first kappa shape index (κ1) is 26.9. The highest BCUT2D eigenvalue weighted by molar-refractivity contribution is 6.02. The number of benzene rings is 2. The van der Waals surface area contributed by atoms with Crippen LogP contribution in [-0.2, 0) is 16.1 Å². The normalized spacial score (nSPS) is 14.1. The van der Waals surface area contributed by atoms with E-state index in [2.05, 4.69) is 20.7 Å². The van der Waals surface area contributed by atoms with Crippen molar-refractivity contribution in [3.63, 3.8) is 0 Å². The standard InChI is InChI=1S/C29H32N6O5/c1-19-12-17-25(40-19)28-31-33-34(32-28)18-26(36)35(23-10-6-7-11-24(23)39-3)27(20-13-15-22(38-2)16-14-20)29(37)30-21-8-4-5-9-21/h6-7,10-17,21,27H,4-5,8-9,18H2,1-3H3,(H,30,37). The molecule has 1 saturated carbocycles. The van der Waals surface area contributed by atoms with Crippen molar-refractivity contribution in [2.75, 3.05) is 19.1 Å². The fraction of sp³-hybridized carbons (Fsp3) is 0.345. The quantitative estimate of drug-likeness (QED) is 0.317. The van der Waals surface area contributed by atoms with Crippen molar-refractivity contribution >= 4 is 17.5 Å². The van der Waals surface area contributed by atoms with Crippen molar-refractivity contribution < 1.29 is 23.5 Å². The second-order valence-electron chi connectivity index (χ2n) is 9.66. The molecule has 0 bridgehead atoms. The first-order valence-electron chi connectivity index (χ1n) is 13.2. The minimum Gasteiger partial charge on any atom is -0.497 e. The van der Waals surface area contributed by atoms with Crippen molar-refractivity contribution in [1.29, 1.82) is 0 Å². The van der Waals surface area contributed by atoms with Gasteiger partial charge in [0.05, 0.1) is 19.9 Å². The van der Waals surface area contributed by atoms with Crippen LogP contribution in [-0.4, -0.2) is 52.3 Å². The second kappa shape index (κ2) is 12.0. The van der Waals surface area contributed by atoms with Crippen LogP contribution in [0.15, 0.2) is 65.1 Å². The zero-order valence-electron chi connectivity index (χ0n) is 22.7. The molecule has 0 aliphatic heterocycles. The van der Waals surface area contributed by atoms with Gasteiger partial charge in [-0.05, 0) is 66.9 Å². The molecule has 2 heterocycles. The number of anilines is 1. The Morgan fingerprint density at radius 1 is 1.05 bits per heavy atom. The third-order valence-electron chi connectivity index (χ3n) is 6.94. The Morgan fingerprint density at radius 2 is 1.80 bits per heavy atom. The molecule has 1 unspecified atom stereocenters. The Labute approximate surface area is 232 Å². The van der Waals surface area contributed by atoms with E-state index in [1.807, 2.05) is 13.0 Å². The molecular weight excluding hydrogens is 512 g/mol. The number of furan rings is 1. The summed E-state index contributed by atoms with van der Waals surface area (Å²) in [7, 11) is 3.10. The van der Waals surface area contributed by atoms with Gasteiger partial charge in [-0.3, -0.25) is 14.5 Å². The summed E-state index contributed by atoms with van der Waals surface area (Å²) in [4.78, 5) is 30.7. The number of aryl methyl sites for hydroxylation is 1. The lowest BCUT2D eigenvalue weighted by Crippen LogP contribution is -2.47. The minimum atomic E-state index is -0.994. The SMILES string of the molecule is COc1ccc(C(C(=O)NC2CCCC2)N(C(=O)Cn2nnc(-c3ccc(C)o3)n2)c2ccccc2OC)cc1. The minimum absolute atomic E-state index is 0.0548. The van der Waals surface area contributed by atoms with E-state index in [0.29, 0.717) is 34.3 Å². The lowest BCUT2D eigenvalue weighted by atomic mass is 10.0. The molecule has 2 aromatic carbocycles. The third-order valence-corrected chi connectivity index (χ3v) is 6.94. The molecule has 1 atom stereocenters. The number of carbonyl (C=O) groups is 2. The lowest BCUT2D eigenvalue weighted by molar-refractivity contribution is -0.127. The second-order valence-corrected chi connectivity index (χ2v) is 9.66. The Balaban J connectivity index is 1.54. The van der Waals surface area contributed by atoms with E-state index in [-0.39, 0.29) is 24.3 Å². The van der Waals surface area contributed by atoms with E-state index in [0.717, 1.165) is 25.7 Å². The number of methoxy groups -OCH3 is 2. The van der Waals surface area contributed by atoms with Gasteiger partial charge < -0.3 is 19.2 Å². The monoisotopic (exact) mass is 544 g/mol. The van der Waals surface area contributed by atoms with Crippen molar-refractivity contribution in [3.05, 3.63) is 72.0 Å². The Bertz CT molecular complexity index is 1460. The van der Waals surface area contributed by atoms with Crippen LogP contribution < -0.4 is 19.7 Å². The molecule has 1 aliphatic rings. The van der Waals surface area contributed by atoms with Crippen molar-refractivity contribution in [3.8, 4) is 23.1 Å². The molecule has 1 fully saturated rings. The number of hydrogen-bond acceptors (Lipinski definition) is 8. The molecular formula is C29H32N6O5. The van der Waals surface area contributed by atoms with Gasteiger partial charge in [-0.25, -0.2) is 0 Å². The smallest absolute Gasteiger partial charge is 0.251 e. The number of hydrogen-bond donors (Lipinski definition) is 1. The molecule has 11 heteroatoms. The lowest BCUT2D eigenvalue weighted by Gasteiger charge is -2.33. The molecule has 0 spiro atoms. The van der Waals surface area contributed by atoms with Crippen molar-refractivity contribution in [1.82, 2.24) is 25.5 Å². The van der Waals surface area contributed by atoms with Gasteiger partial charge in [0, 0.05) is 6.04 Å². The van der Waals surface area contributed by atoms with Gasteiger partial charge in [-0.15, -0.1) is 10.2 Å². The van der Waals surface area contributed by atoms with Crippen molar-refractivity contribution in [2.45, 2.75) is 51.2 Å². The van der Waals surface area contributed by atoms with Gasteiger partial charge in [-0.1, -0.05) is 37.1 Å². The van der Waals surface area contributed by atoms with Crippen LogP contribution >= 0.6 is 0 Å². The number of para-hydroxylation sites is 2. The number of tetrazole rings is 1. The summed E-state index contributed by atoms with van der Waals surface area (Å²) in [5.41, 5.74) is 1.06.